The lowest BCUT2D eigenvalue weighted by Gasteiger charge is -2.29. The number of nitrogens with two attached hydrogens (primary N) is 1. The zero-order chi connectivity index (χ0) is 8.27. The molecule has 0 spiro atoms. The summed E-state index contributed by atoms with van der Waals surface area (Å²) < 4.78 is 0. The van der Waals surface area contributed by atoms with Crippen molar-refractivity contribution in [1.82, 2.24) is 4.90 Å². The fourth-order valence-electron chi connectivity index (χ4n) is 1.92. The highest BCUT2D eigenvalue weighted by molar-refractivity contribution is 4.79. The lowest BCUT2D eigenvalue weighted by Crippen LogP contribution is -2.42. The molecule has 2 nitrogen and oxygen atoms in total. The third-order valence-corrected chi connectivity index (χ3v) is 2.62. The second kappa shape index (κ2) is 4.07. The first-order valence-corrected chi connectivity index (χ1v) is 4.70. The quantitative estimate of drug-likeness (QED) is 0.662. The van der Waals surface area contributed by atoms with Crippen LogP contribution in [0.1, 0.15) is 26.7 Å². The van der Waals surface area contributed by atoms with Gasteiger partial charge in [0.25, 0.3) is 0 Å². The second-order valence-electron chi connectivity index (χ2n) is 3.79. The molecule has 0 aromatic heterocycles. The lowest BCUT2D eigenvalue weighted by molar-refractivity contribution is 0.197. The Hall–Kier alpha value is -0.0800. The Kier molecular flexibility index (Phi) is 3.34. The normalized spacial score (nSPS) is 22.9. The van der Waals surface area contributed by atoms with Gasteiger partial charge in [-0.05, 0) is 31.8 Å². The van der Waals surface area contributed by atoms with Gasteiger partial charge < -0.3 is 5.73 Å². The molecule has 0 radical (unpaired) electrons. The topological polar surface area (TPSA) is 29.3 Å². The molecule has 1 aliphatic rings. The predicted molar refractivity (Wildman–Crippen MR) is 48.5 cm³/mol. The van der Waals surface area contributed by atoms with Crippen LogP contribution in [0.5, 0.6) is 0 Å². The van der Waals surface area contributed by atoms with E-state index >= 15 is 0 Å². The zero-order valence-corrected chi connectivity index (χ0v) is 7.71. The van der Waals surface area contributed by atoms with Gasteiger partial charge in [0.1, 0.15) is 0 Å². The molecule has 1 heterocycles. The molecule has 11 heavy (non-hydrogen) atoms. The van der Waals surface area contributed by atoms with Crippen molar-refractivity contribution in [2.45, 2.75) is 32.7 Å². The SMILES string of the molecule is CC(C)C(CN)N1CCCC1. The van der Waals surface area contributed by atoms with Gasteiger partial charge in [-0.3, -0.25) is 4.90 Å². The molecule has 0 aromatic rings. The van der Waals surface area contributed by atoms with Gasteiger partial charge in [-0.1, -0.05) is 13.8 Å². The van der Waals surface area contributed by atoms with Gasteiger partial charge in [0.2, 0.25) is 0 Å². The van der Waals surface area contributed by atoms with Crippen LogP contribution in [0.25, 0.3) is 0 Å². The minimum Gasteiger partial charge on any atom is -0.329 e. The summed E-state index contributed by atoms with van der Waals surface area (Å²) in [6, 6.07) is 0.623. The van der Waals surface area contributed by atoms with Crippen molar-refractivity contribution in [3.63, 3.8) is 0 Å². The fourth-order valence-corrected chi connectivity index (χ4v) is 1.92. The monoisotopic (exact) mass is 156 g/mol. The van der Waals surface area contributed by atoms with Crippen LogP contribution in [0.15, 0.2) is 0 Å². The summed E-state index contributed by atoms with van der Waals surface area (Å²) in [4.78, 5) is 2.53. The van der Waals surface area contributed by atoms with E-state index in [0.717, 1.165) is 6.54 Å². The van der Waals surface area contributed by atoms with Crippen molar-refractivity contribution in [3.8, 4) is 0 Å². The molecule has 1 rings (SSSR count). The van der Waals surface area contributed by atoms with E-state index in [2.05, 4.69) is 18.7 Å². The minimum atomic E-state index is 0.623. The first-order chi connectivity index (χ1) is 5.25. The maximum atomic E-state index is 5.71. The summed E-state index contributed by atoms with van der Waals surface area (Å²) in [5.74, 6) is 0.707. The Labute approximate surface area is 69.8 Å². The Morgan fingerprint density at radius 3 is 2.18 bits per heavy atom. The Morgan fingerprint density at radius 2 is 1.82 bits per heavy atom. The molecule has 1 fully saturated rings. The molecule has 1 saturated heterocycles. The molecule has 0 aromatic carbocycles. The molecule has 0 amide bonds. The van der Waals surface area contributed by atoms with Crippen molar-refractivity contribution in [1.29, 1.82) is 0 Å². The van der Waals surface area contributed by atoms with Gasteiger partial charge >= 0.3 is 0 Å². The first kappa shape index (κ1) is 9.01. The summed E-state index contributed by atoms with van der Waals surface area (Å²) in [6.45, 7) is 7.86. The molecule has 1 atom stereocenters. The number of rotatable bonds is 3. The molecule has 66 valence electrons. The molecule has 0 aliphatic carbocycles. The van der Waals surface area contributed by atoms with Crippen LogP contribution >= 0.6 is 0 Å². The molecular weight excluding hydrogens is 136 g/mol. The van der Waals surface area contributed by atoms with Crippen LogP contribution < -0.4 is 5.73 Å². The van der Waals surface area contributed by atoms with E-state index in [1.54, 1.807) is 0 Å². The van der Waals surface area contributed by atoms with E-state index < -0.39 is 0 Å². The van der Waals surface area contributed by atoms with E-state index in [9.17, 15) is 0 Å². The Morgan fingerprint density at radius 1 is 1.27 bits per heavy atom. The van der Waals surface area contributed by atoms with Crippen molar-refractivity contribution in [2.24, 2.45) is 11.7 Å². The number of nitrogens with zero attached hydrogens (tertiary/aromatic N) is 1. The summed E-state index contributed by atoms with van der Waals surface area (Å²) in [6.07, 6.45) is 2.73. The fraction of sp³-hybridized carbons (Fsp3) is 1.00. The van der Waals surface area contributed by atoms with Crippen LogP contribution in [-0.2, 0) is 0 Å². The minimum absolute atomic E-state index is 0.623. The highest BCUT2D eigenvalue weighted by Gasteiger charge is 2.22. The van der Waals surface area contributed by atoms with Crippen LogP contribution in [0.3, 0.4) is 0 Å². The first-order valence-electron chi connectivity index (χ1n) is 4.70. The Balaban J connectivity index is 2.40. The average Bonchev–Trinajstić information content (AvgIpc) is 2.40. The standard InChI is InChI=1S/C9H20N2/c1-8(2)9(7-10)11-5-3-4-6-11/h8-9H,3-7,10H2,1-2H3. The molecule has 2 N–H and O–H groups in total. The van der Waals surface area contributed by atoms with Gasteiger partial charge in [-0.15, -0.1) is 0 Å². The third kappa shape index (κ3) is 2.17. The van der Waals surface area contributed by atoms with E-state index in [0.29, 0.717) is 12.0 Å². The van der Waals surface area contributed by atoms with Crippen molar-refractivity contribution in [3.05, 3.63) is 0 Å². The number of hydrogen-bond acceptors (Lipinski definition) is 2. The third-order valence-electron chi connectivity index (χ3n) is 2.62. The largest absolute Gasteiger partial charge is 0.329 e. The highest BCUT2D eigenvalue weighted by atomic mass is 15.2. The van der Waals surface area contributed by atoms with E-state index in [-0.39, 0.29) is 0 Å². The summed E-state index contributed by atoms with van der Waals surface area (Å²) in [5.41, 5.74) is 5.71. The summed E-state index contributed by atoms with van der Waals surface area (Å²) >= 11 is 0. The summed E-state index contributed by atoms with van der Waals surface area (Å²) in [5, 5.41) is 0. The number of hydrogen-bond donors (Lipinski definition) is 1. The van der Waals surface area contributed by atoms with Crippen molar-refractivity contribution in [2.75, 3.05) is 19.6 Å². The highest BCUT2D eigenvalue weighted by Crippen LogP contribution is 2.16. The van der Waals surface area contributed by atoms with E-state index in [1.165, 1.54) is 25.9 Å². The van der Waals surface area contributed by atoms with Crippen molar-refractivity contribution >= 4 is 0 Å². The van der Waals surface area contributed by atoms with E-state index in [1.807, 2.05) is 0 Å². The molecule has 0 saturated carbocycles. The van der Waals surface area contributed by atoms with Crippen molar-refractivity contribution < 1.29 is 0 Å². The maximum absolute atomic E-state index is 5.71. The molecular formula is C9H20N2. The van der Waals surface area contributed by atoms with Crippen LogP contribution in [0.4, 0.5) is 0 Å². The van der Waals surface area contributed by atoms with Crippen LogP contribution in [0, 0.1) is 5.92 Å². The maximum Gasteiger partial charge on any atom is 0.0241 e. The van der Waals surface area contributed by atoms with Gasteiger partial charge in [0.15, 0.2) is 0 Å². The lowest BCUT2D eigenvalue weighted by atomic mass is 10.0. The molecule has 1 aliphatic heterocycles. The van der Waals surface area contributed by atoms with Gasteiger partial charge in [-0.25, -0.2) is 0 Å². The second-order valence-corrected chi connectivity index (χ2v) is 3.79. The zero-order valence-electron chi connectivity index (χ0n) is 7.71. The predicted octanol–water partition coefficient (Wildman–Crippen LogP) is 1.07. The van der Waals surface area contributed by atoms with Gasteiger partial charge in [0, 0.05) is 12.6 Å². The van der Waals surface area contributed by atoms with Gasteiger partial charge in [-0.2, -0.15) is 0 Å². The average molecular weight is 156 g/mol. The van der Waals surface area contributed by atoms with Gasteiger partial charge in [0.05, 0.1) is 0 Å². The Bertz CT molecular complexity index is 106. The number of likely N-dealkylation sites (tertiary alicyclic amines) is 1. The molecule has 0 bridgehead atoms. The molecule has 1 unspecified atom stereocenters. The smallest absolute Gasteiger partial charge is 0.0241 e. The summed E-state index contributed by atoms with van der Waals surface area (Å²) in [7, 11) is 0. The van der Waals surface area contributed by atoms with Crippen LogP contribution in [-0.4, -0.2) is 30.6 Å². The van der Waals surface area contributed by atoms with E-state index in [4.69, 9.17) is 5.73 Å². The molecule has 2 heteroatoms. The van der Waals surface area contributed by atoms with Crippen LogP contribution in [0.2, 0.25) is 0 Å².